The van der Waals surface area contributed by atoms with E-state index in [1.165, 1.54) is 6.92 Å². The van der Waals surface area contributed by atoms with Gasteiger partial charge in [0.1, 0.15) is 18.2 Å². The van der Waals surface area contributed by atoms with Crippen LogP contribution in [0.5, 0.6) is 0 Å². The molecule has 1 N–H and O–H groups in total. The van der Waals surface area contributed by atoms with Crippen LogP contribution in [0.4, 0.5) is 0 Å². The number of ether oxygens (including phenoxy) is 1. The average molecular weight is 329 g/mol. The van der Waals surface area contributed by atoms with Crippen LogP contribution in [0.25, 0.3) is 0 Å². The summed E-state index contributed by atoms with van der Waals surface area (Å²) in [5.74, 6) is -1.14. The molecule has 2 saturated carbocycles. The minimum atomic E-state index is -3.57. The SMILES string of the molecule is C=C(C)C(=O)NCC(=O)OC1C2CC3C(C2)S(=O)(=O)OC31C. The van der Waals surface area contributed by atoms with E-state index in [-0.39, 0.29) is 18.4 Å². The van der Waals surface area contributed by atoms with Crippen LogP contribution in [0.3, 0.4) is 0 Å². The third-order valence-corrected chi connectivity index (χ3v) is 6.83. The van der Waals surface area contributed by atoms with Crippen molar-refractivity contribution in [2.75, 3.05) is 6.54 Å². The van der Waals surface area contributed by atoms with Crippen molar-refractivity contribution in [1.82, 2.24) is 5.32 Å². The van der Waals surface area contributed by atoms with Crippen molar-refractivity contribution in [2.24, 2.45) is 11.8 Å². The largest absolute Gasteiger partial charge is 0.458 e. The topological polar surface area (TPSA) is 98.8 Å². The first kappa shape index (κ1) is 15.5. The molecule has 2 aliphatic carbocycles. The van der Waals surface area contributed by atoms with E-state index in [1.54, 1.807) is 6.92 Å². The van der Waals surface area contributed by atoms with Gasteiger partial charge in [-0.15, -0.1) is 0 Å². The fourth-order valence-electron chi connectivity index (χ4n) is 4.01. The molecule has 1 saturated heterocycles. The van der Waals surface area contributed by atoms with Crippen molar-refractivity contribution in [3.05, 3.63) is 12.2 Å². The van der Waals surface area contributed by atoms with Gasteiger partial charge in [0.05, 0.1) is 5.25 Å². The van der Waals surface area contributed by atoms with E-state index in [0.717, 1.165) is 0 Å². The number of carbonyl (C=O) groups excluding carboxylic acids is 2. The maximum atomic E-state index is 12.0. The molecule has 5 unspecified atom stereocenters. The average Bonchev–Trinajstić information content (AvgIpc) is 2.98. The maximum absolute atomic E-state index is 12.0. The Balaban J connectivity index is 1.66. The van der Waals surface area contributed by atoms with Gasteiger partial charge in [-0.1, -0.05) is 6.58 Å². The molecule has 3 rings (SSSR count). The Bertz CT molecular complexity index is 656. The minimum absolute atomic E-state index is 0.00179. The summed E-state index contributed by atoms with van der Waals surface area (Å²) in [4.78, 5) is 23.3. The van der Waals surface area contributed by atoms with Crippen molar-refractivity contribution in [1.29, 1.82) is 0 Å². The van der Waals surface area contributed by atoms with Gasteiger partial charge < -0.3 is 10.1 Å². The molecular formula is C14H19NO6S. The third-order valence-electron chi connectivity index (χ3n) is 4.98. The molecule has 1 heterocycles. The fraction of sp³-hybridized carbons (Fsp3) is 0.714. The summed E-state index contributed by atoms with van der Waals surface area (Å²) < 4.78 is 34.7. The van der Waals surface area contributed by atoms with Gasteiger partial charge in [0.15, 0.2) is 0 Å². The number of carbonyl (C=O) groups is 2. The number of amides is 1. The molecule has 22 heavy (non-hydrogen) atoms. The molecule has 5 atom stereocenters. The highest BCUT2D eigenvalue weighted by Gasteiger charge is 2.71. The Kier molecular flexibility index (Phi) is 3.37. The van der Waals surface area contributed by atoms with Crippen LogP contribution in [-0.2, 0) is 28.6 Å². The van der Waals surface area contributed by atoms with E-state index in [4.69, 9.17) is 8.92 Å². The van der Waals surface area contributed by atoms with E-state index in [2.05, 4.69) is 11.9 Å². The molecular weight excluding hydrogens is 310 g/mol. The van der Waals surface area contributed by atoms with Gasteiger partial charge in [-0.05, 0) is 26.7 Å². The molecule has 8 heteroatoms. The number of hydrogen-bond donors (Lipinski definition) is 1. The van der Waals surface area contributed by atoms with E-state index in [0.29, 0.717) is 18.4 Å². The van der Waals surface area contributed by atoms with Gasteiger partial charge in [0.25, 0.3) is 10.1 Å². The van der Waals surface area contributed by atoms with E-state index >= 15 is 0 Å². The standard InChI is InChI=1S/C14H19NO6S/c1-7(2)13(17)15-6-11(16)20-12-8-4-9-10(5-8)22(18,19)21-14(9,12)3/h8-10,12H,1,4-6H2,2-3H3,(H,15,17). The van der Waals surface area contributed by atoms with Crippen LogP contribution < -0.4 is 5.32 Å². The molecule has 0 aromatic carbocycles. The number of esters is 1. The molecule has 0 aromatic heterocycles. The van der Waals surface area contributed by atoms with Crippen molar-refractivity contribution >= 4 is 22.0 Å². The van der Waals surface area contributed by atoms with E-state index in [9.17, 15) is 18.0 Å². The van der Waals surface area contributed by atoms with Crippen LogP contribution in [0.15, 0.2) is 12.2 Å². The molecule has 0 radical (unpaired) electrons. The first-order valence-corrected chi connectivity index (χ1v) is 8.70. The molecule has 7 nitrogen and oxygen atoms in total. The highest BCUT2D eigenvalue weighted by molar-refractivity contribution is 7.87. The van der Waals surface area contributed by atoms with Gasteiger partial charge in [0.2, 0.25) is 5.91 Å². The summed E-state index contributed by atoms with van der Waals surface area (Å²) in [7, 11) is -3.57. The molecule has 1 amide bonds. The van der Waals surface area contributed by atoms with Gasteiger partial charge in [-0.3, -0.25) is 13.8 Å². The number of hydrogen-bond acceptors (Lipinski definition) is 6. The Hall–Kier alpha value is -1.41. The molecule has 2 bridgehead atoms. The highest BCUT2D eigenvalue weighted by atomic mass is 32.2. The van der Waals surface area contributed by atoms with Gasteiger partial charge in [0, 0.05) is 17.4 Å². The monoisotopic (exact) mass is 329 g/mol. The van der Waals surface area contributed by atoms with Gasteiger partial charge in [-0.2, -0.15) is 8.42 Å². The van der Waals surface area contributed by atoms with Crippen LogP contribution in [0, 0.1) is 11.8 Å². The zero-order valence-corrected chi connectivity index (χ0v) is 13.3. The summed E-state index contributed by atoms with van der Waals surface area (Å²) in [5.41, 5.74) is -0.673. The summed E-state index contributed by atoms with van der Waals surface area (Å²) in [6.07, 6.45) is 0.579. The van der Waals surface area contributed by atoms with Gasteiger partial charge in [-0.25, -0.2) is 0 Å². The van der Waals surface area contributed by atoms with Crippen LogP contribution in [0.1, 0.15) is 26.7 Å². The second-order valence-corrected chi connectivity index (χ2v) is 8.27. The zero-order valence-electron chi connectivity index (χ0n) is 12.5. The van der Waals surface area contributed by atoms with Gasteiger partial charge >= 0.3 is 5.97 Å². The zero-order chi connectivity index (χ0) is 16.3. The Morgan fingerprint density at radius 3 is 2.73 bits per heavy atom. The summed E-state index contributed by atoms with van der Waals surface area (Å²) in [6.45, 7) is 6.43. The molecule has 3 fully saturated rings. The summed E-state index contributed by atoms with van der Waals surface area (Å²) in [6, 6.07) is 0. The Labute approximate surface area is 129 Å². The van der Waals surface area contributed by atoms with Crippen LogP contribution in [-0.4, -0.2) is 43.8 Å². The molecule has 122 valence electrons. The lowest BCUT2D eigenvalue weighted by Crippen LogP contribution is -2.48. The van der Waals surface area contributed by atoms with Crippen molar-refractivity contribution < 1.29 is 26.9 Å². The Morgan fingerprint density at radius 1 is 1.41 bits per heavy atom. The first-order chi connectivity index (χ1) is 10.1. The second-order valence-electron chi connectivity index (χ2n) is 6.51. The predicted molar refractivity (Wildman–Crippen MR) is 76.1 cm³/mol. The van der Waals surface area contributed by atoms with E-state index < -0.39 is 38.9 Å². The quantitative estimate of drug-likeness (QED) is 0.447. The van der Waals surface area contributed by atoms with Crippen molar-refractivity contribution in [2.45, 2.75) is 43.6 Å². The minimum Gasteiger partial charge on any atom is -0.458 e. The summed E-state index contributed by atoms with van der Waals surface area (Å²) in [5, 5.41) is 1.93. The van der Waals surface area contributed by atoms with Crippen molar-refractivity contribution in [3.63, 3.8) is 0 Å². The molecule has 0 aromatic rings. The number of fused-ring (bicyclic) bond motifs is 1. The third kappa shape index (κ3) is 2.16. The maximum Gasteiger partial charge on any atom is 0.325 e. The second kappa shape index (κ2) is 4.79. The lowest BCUT2D eigenvalue weighted by Gasteiger charge is -2.33. The Morgan fingerprint density at radius 2 is 2.09 bits per heavy atom. The first-order valence-electron chi connectivity index (χ1n) is 7.23. The summed E-state index contributed by atoms with van der Waals surface area (Å²) >= 11 is 0. The lowest BCUT2D eigenvalue weighted by molar-refractivity contribution is -0.162. The van der Waals surface area contributed by atoms with E-state index in [1.807, 2.05) is 0 Å². The number of rotatable bonds is 4. The fourth-order valence-corrected chi connectivity index (χ4v) is 6.12. The predicted octanol–water partition coefficient (Wildman–Crippen LogP) is 0.118. The number of nitrogens with one attached hydrogen (secondary N) is 1. The lowest BCUT2D eigenvalue weighted by atomic mass is 9.83. The van der Waals surface area contributed by atoms with Crippen LogP contribution >= 0.6 is 0 Å². The normalized spacial score (nSPS) is 40.5. The highest BCUT2D eigenvalue weighted by Crippen LogP contribution is 2.61. The van der Waals surface area contributed by atoms with Crippen molar-refractivity contribution in [3.8, 4) is 0 Å². The molecule has 1 aliphatic heterocycles. The smallest absolute Gasteiger partial charge is 0.325 e. The van der Waals surface area contributed by atoms with Crippen LogP contribution in [0.2, 0.25) is 0 Å². The molecule has 0 spiro atoms. The molecule has 3 aliphatic rings.